The van der Waals surface area contributed by atoms with Gasteiger partial charge >= 0.3 is 0 Å². The molecule has 2 heterocycles. The third-order valence-electron chi connectivity index (χ3n) is 4.98. The summed E-state index contributed by atoms with van der Waals surface area (Å²) in [4.78, 5) is 3.50. The number of nitrogens with zero attached hydrogens (tertiary/aromatic N) is 1. The number of benzene rings is 3. The van der Waals surface area contributed by atoms with Crippen LogP contribution in [0.4, 0.5) is 0 Å². The summed E-state index contributed by atoms with van der Waals surface area (Å²) in [7, 11) is 0. The van der Waals surface area contributed by atoms with Gasteiger partial charge in [-0.05, 0) is 18.4 Å². The number of fused-ring (bicyclic) bond motifs is 4. The zero-order valence-electron chi connectivity index (χ0n) is 13.6. The fourth-order valence-corrected chi connectivity index (χ4v) is 3.94. The minimum atomic E-state index is 0.958. The van der Waals surface area contributed by atoms with Crippen LogP contribution in [-0.2, 0) is 6.54 Å². The molecule has 24 heavy (non-hydrogen) atoms. The summed E-state index contributed by atoms with van der Waals surface area (Å²) in [6.07, 6.45) is 2.10. The number of hydrogen-bond acceptors (Lipinski definition) is 0. The Balaban J connectivity index is 1.96. The van der Waals surface area contributed by atoms with Crippen LogP contribution in [0.2, 0.25) is 0 Å². The van der Waals surface area contributed by atoms with E-state index in [2.05, 4.69) is 89.4 Å². The minimum absolute atomic E-state index is 0.958. The molecule has 2 heteroatoms. The maximum absolute atomic E-state index is 3.50. The molecule has 0 saturated carbocycles. The Morgan fingerprint density at radius 2 is 1.54 bits per heavy atom. The third kappa shape index (κ3) is 1.71. The highest BCUT2D eigenvalue weighted by atomic mass is 15.0. The number of H-pyrrole nitrogens is 1. The van der Waals surface area contributed by atoms with Gasteiger partial charge in [0.05, 0.1) is 11.2 Å². The molecule has 2 nitrogen and oxygen atoms in total. The van der Waals surface area contributed by atoms with Gasteiger partial charge in [-0.25, -0.2) is 0 Å². The molecule has 2 aromatic heterocycles. The van der Waals surface area contributed by atoms with E-state index < -0.39 is 0 Å². The molecule has 0 unspecified atom stereocenters. The van der Waals surface area contributed by atoms with Gasteiger partial charge in [0.15, 0.2) is 0 Å². The minimum Gasteiger partial charge on any atom is -0.360 e. The lowest BCUT2D eigenvalue weighted by atomic mass is 10.0. The second-order valence-corrected chi connectivity index (χ2v) is 6.21. The van der Waals surface area contributed by atoms with Gasteiger partial charge in [0.1, 0.15) is 0 Å². The van der Waals surface area contributed by atoms with Crippen LogP contribution in [0.15, 0.2) is 72.9 Å². The number of hydrogen-bond donors (Lipinski definition) is 1. The van der Waals surface area contributed by atoms with Crippen LogP contribution in [0.25, 0.3) is 43.8 Å². The molecule has 0 fully saturated rings. The Bertz CT molecular complexity index is 1190. The summed E-state index contributed by atoms with van der Waals surface area (Å²) < 4.78 is 2.43. The molecule has 116 valence electrons. The van der Waals surface area contributed by atoms with Gasteiger partial charge in [-0.1, -0.05) is 60.7 Å². The number of para-hydroxylation sites is 2. The van der Waals surface area contributed by atoms with Crippen LogP contribution < -0.4 is 0 Å². The Labute approximate surface area is 140 Å². The van der Waals surface area contributed by atoms with Gasteiger partial charge in [-0.15, -0.1) is 0 Å². The van der Waals surface area contributed by atoms with Crippen molar-refractivity contribution in [1.29, 1.82) is 0 Å². The van der Waals surface area contributed by atoms with Crippen LogP contribution in [0, 0.1) is 0 Å². The lowest BCUT2D eigenvalue weighted by Gasteiger charge is -2.08. The lowest BCUT2D eigenvalue weighted by Crippen LogP contribution is -1.95. The molecule has 5 rings (SSSR count). The fourth-order valence-electron chi connectivity index (χ4n) is 3.94. The summed E-state index contributed by atoms with van der Waals surface area (Å²) in [5, 5.41) is 5.18. The predicted molar refractivity (Wildman–Crippen MR) is 102 cm³/mol. The van der Waals surface area contributed by atoms with E-state index in [1.165, 1.54) is 43.8 Å². The molecule has 3 aromatic carbocycles. The Morgan fingerprint density at radius 3 is 2.42 bits per heavy atom. The van der Waals surface area contributed by atoms with Gasteiger partial charge in [-0.2, -0.15) is 0 Å². The first-order valence-corrected chi connectivity index (χ1v) is 8.45. The molecule has 1 N–H and O–H groups in total. The quantitative estimate of drug-likeness (QED) is 0.415. The maximum atomic E-state index is 3.50. The molecule has 0 amide bonds. The Morgan fingerprint density at radius 1 is 0.792 bits per heavy atom. The largest absolute Gasteiger partial charge is 0.360 e. The maximum Gasteiger partial charge on any atom is 0.0586 e. The lowest BCUT2D eigenvalue weighted by molar-refractivity contribution is 0.827. The summed E-state index contributed by atoms with van der Waals surface area (Å²) in [6.45, 7) is 3.18. The van der Waals surface area contributed by atoms with Crippen LogP contribution in [0.5, 0.6) is 0 Å². The SMILES string of the molecule is CCn1c2ccccc2c2cccc(-c3[nH]cc4ccccc34)c21. The van der Waals surface area contributed by atoms with Crippen molar-refractivity contribution in [3.05, 3.63) is 72.9 Å². The van der Waals surface area contributed by atoms with Gasteiger partial charge in [0.2, 0.25) is 0 Å². The summed E-state index contributed by atoms with van der Waals surface area (Å²) >= 11 is 0. The monoisotopic (exact) mass is 310 g/mol. The highest BCUT2D eigenvalue weighted by molar-refractivity contribution is 6.14. The molecular formula is C22H18N2. The molecule has 0 aliphatic heterocycles. The van der Waals surface area contributed by atoms with Gasteiger partial charge in [0.25, 0.3) is 0 Å². The fraction of sp³-hybridized carbons (Fsp3) is 0.0909. The smallest absolute Gasteiger partial charge is 0.0586 e. The predicted octanol–water partition coefficient (Wildman–Crippen LogP) is 5.96. The molecular weight excluding hydrogens is 292 g/mol. The normalized spacial score (nSPS) is 11.7. The second kappa shape index (κ2) is 5.00. The number of aromatic nitrogens is 2. The van der Waals surface area contributed by atoms with E-state index in [0.717, 1.165) is 6.54 Å². The zero-order valence-corrected chi connectivity index (χ0v) is 13.6. The number of rotatable bonds is 2. The molecule has 0 atom stereocenters. The van der Waals surface area contributed by atoms with Crippen molar-refractivity contribution in [3.8, 4) is 11.3 Å². The standard InChI is InChI=1S/C22H18N2/c1-2-24-20-13-6-5-10-17(20)18-11-7-12-19(22(18)24)21-16-9-4-3-8-15(16)14-23-21/h3-14,23H,2H2,1H3. The average molecular weight is 310 g/mol. The van der Waals surface area contributed by atoms with E-state index in [1.54, 1.807) is 0 Å². The van der Waals surface area contributed by atoms with E-state index in [0.29, 0.717) is 0 Å². The van der Waals surface area contributed by atoms with E-state index in [-0.39, 0.29) is 0 Å². The van der Waals surface area contributed by atoms with Crippen molar-refractivity contribution < 1.29 is 0 Å². The molecule has 0 spiro atoms. The molecule has 0 saturated heterocycles. The van der Waals surface area contributed by atoms with E-state index in [4.69, 9.17) is 0 Å². The molecule has 5 aromatic rings. The van der Waals surface area contributed by atoms with Crippen LogP contribution in [0.3, 0.4) is 0 Å². The molecule has 0 aliphatic carbocycles. The van der Waals surface area contributed by atoms with Crippen molar-refractivity contribution in [2.75, 3.05) is 0 Å². The van der Waals surface area contributed by atoms with Crippen LogP contribution >= 0.6 is 0 Å². The first kappa shape index (κ1) is 13.4. The van der Waals surface area contributed by atoms with Crippen LogP contribution in [0.1, 0.15) is 6.92 Å². The average Bonchev–Trinajstić information content (AvgIpc) is 3.20. The Kier molecular flexibility index (Phi) is 2.80. The van der Waals surface area contributed by atoms with Crippen molar-refractivity contribution in [1.82, 2.24) is 9.55 Å². The van der Waals surface area contributed by atoms with E-state index >= 15 is 0 Å². The van der Waals surface area contributed by atoms with Crippen molar-refractivity contribution in [2.45, 2.75) is 13.5 Å². The summed E-state index contributed by atoms with van der Waals surface area (Å²) in [6, 6.07) is 23.9. The molecule has 0 radical (unpaired) electrons. The number of aromatic amines is 1. The Hall–Kier alpha value is -3.00. The first-order valence-electron chi connectivity index (χ1n) is 8.45. The van der Waals surface area contributed by atoms with Crippen molar-refractivity contribution in [2.24, 2.45) is 0 Å². The van der Waals surface area contributed by atoms with E-state index in [1.807, 2.05) is 0 Å². The first-order chi connectivity index (χ1) is 11.9. The second-order valence-electron chi connectivity index (χ2n) is 6.21. The summed E-state index contributed by atoms with van der Waals surface area (Å²) in [5.41, 5.74) is 5.09. The molecule has 0 aliphatic rings. The third-order valence-corrected chi connectivity index (χ3v) is 4.98. The number of nitrogens with one attached hydrogen (secondary N) is 1. The van der Waals surface area contributed by atoms with Gasteiger partial charge < -0.3 is 9.55 Å². The summed E-state index contributed by atoms with van der Waals surface area (Å²) in [5.74, 6) is 0. The zero-order chi connectivity index (χ0) is 16.1. The van der Waals surface area contributed by atoms with Crippen molar-refractivity contribution >= 4 is 32.6 Å². The molecule has 0 bridgehead atoms. The van der Waals surface area contributed by atoms with Gasteiger partial charge in [0, 0.05) is 40.0 Å². The van der Waals surface area contributed by atoms with Crippen LogP contribution in [-0.4, -0.2) is 9.55 Å². The van der Waals surface area contributed by atoms with Gasteiger partial charge in [-0.3, -0.25) is 0 Å². The highest BCUT2D eigenvalue weighted by Gasteiger charge is 2.15. The van der Waals surface area contributed by atoms with E-state index in [9.17, 15) is 0 Å². The topological polar surface area (TPSA) is 20.7 Å². The van der Waals surface area contributed by atoms with Crippen molar-refractivity contribution in [3.63, 3.8) is 0 Å². The highest BCUT2D eigenvalue weighted by Crippen LogP contribution is 2.37. The number of aryl methyl sites for hydroxylation is 1.